The summed E-state index contributed by atoms with van der Waals surface area (Å²) >= 11 is 0.834. The number of hydrogen-bond acceptors (Lipinski definition) is 8. The number of rotatable bonds is 5. The smallest absolute Gasteiger partial charge is 0.293 e. The molecule has 1 saturated heterocycles. The Morgan fingerprint density at radius 3 is 2.71 bits per heavy atom. The molecule has 2 aromatic carbocycles. The Morgan fingerprint density at radius 1 is 1.12 bits per heavy atom. The van der Waals surface area contributed by atoms with Gasteiger partial charge in [-0.2, -0.15) is 5.10 Å². The fourth-order valence-electron chi connectivity index (χ4n) is 3.68. The van der Waals surface area contributed by atoms with Gasteiger partial charge in [-0.3, -0.25) is 24.1 Å². The largest absolute Gasteiger partial charge is 0.454 e. The van der Waals surface area contributed by atoms with E-state index < -0.39 is 17.1 Å². The van der Waals surface area contributed by atoms with Crippen molar-refractivity contribution in [2.24, 2.45) is 7.05 Å². The Bertz CT molecular complexity index is 1450. The lowest BCUT2D eigenvalue weighted by molar-refractivity contribution is -0.122. The molecule has 1 aromatic heterocycles. The first kappa shape index (κ1) is 21.7. The summed E-state index contributed by atoms with van der Waals surface area (Å²) in [5.74, 6) is 0.263. The van der Waals surface area contributed by atoms with Gasteiger partial charge < -0.3 is 14.8 Å². The molecule has 172 valence electrons. The number of imide groups is 1. The van der Waals surface area contributed by atoms with E-state index in [1.807, 2.05) is 0 Å². The number of thioether (sulfide) groups is 1. The summed E-state index contributed by atoms with van der Waals surface area (Å²) in [5, 5.41) is 7.14. The lowest BCUT2D eigenvalue weighted by Gasteiger charge is -2.13. The maximum absolute atomic E-state index is 12.8. The molecule has 2 aliphatic rings. The lowest BCUT2D eigenvalue weighted by Crippen LogP contribution is -2.38. The number of aryl methyl sites for hydroxylation is 1. The molecule has 10 nitrogen and oxygen atoms in total. The summed E-state index contributed by atoms with van der Waals surface area (Å²) < 4.78 is 11.7. The summed E-state index contributed by atoms with van der Waals surface area (Å²) in [4.78, 5) is 51.5. The molecular formula is C23H18N4O6S. The molecule has 5 rings (SSSR count). The number of aromatic nitrogens is 2. The standard InChI is InChI=1S/C23H18N4O6S/c1-26-21(29)15-5-3-2-4-14(15)19(25-26)20(28)24-8-9-27-22(30)18(34-23(27)31)11-13-6-7-16-17(10-13)33-12-32-16/h2-7,10-11H,8-9,12H2,1H3,(H,24,28). The highest BCUT2D eigenvalue weighted by Crippen LogP contribution is 2.36. The highest BCUT2D eigenvalue weighted by molar-refractivity contribution is 8.18. The highest BCUT2D eigenvalue weighted by atomic mass is 32.2. The van der Waals surface area contributed by atoms with Crippen molar-refractivity contribution in [2.45, 2.75) is 0 Å². The first-order valence-corrected chi connectivity index (χ1v) is 11.1. The number of carbonyl (C=O) groups is 3. The van der Waals surface area contributed by atoms with Crippen LogP contribution < -0.4 is 20.3 Å². The molecule has 2 aliphatic heterocycles. The minimum Gasteiger partial charge on any atom is -0.454 e. The number of ether oxygens (including phenoxy) is 2. The van der Waals surface area contributed by atoms with Crippen molar-refractivity contribution >= 4 is 45.7 Å². The molecule has 0 atom stereocenters. The number of hydrogen-bond donors (Lipinski definition) is 1. The van der Waals surface area contributed by atoms with Crippen LogP contribution in [0.1, 0.15) is 16.1 Å². The van der Waals surface area contributed by atoms with Crippen LogP contribution in [0, 0.1) is 0 Å². The van der Waals surface area contributed by atoms with Crippen molar-refractivity contribution in [2.75, 3.05) is 19.9 Å². The Kier molecular flexibility index (Phi) is 5.54. The van der Waals surface area contributed by atoms with Gasteiger partial charge in [0.2, 0.25) is 6.79 Å². The predicted octanol–water partition coefficient (Wildman–Crippen LogP) is 2.13. The maximum Gasteiger partial charge on any atom is 0.293 e. The van der Waals surface area contributed by atoms with Crippen molar-refractivity contribution in [1.29, 1.82) is 0 Å². The van der Waals surface area contributed by atoms with Gasteiger partial charge in [-0.25, -0.2) is 4.68 Å². The zero-order valence-corrected chi connectivity index (χ0v) is 18.8. The number of amides is 3. The third-order valence-corrected chi connectivity index (χ3v) is 6.27. The summed E-state index contributed by atoms with van der Waals surface area (Å²) in [5.41, 5.74) is 0.490. The van der Waals surface area contributed by atoms with Crippen molar-refractivity contribution in [3.8, 4) is 11.5 Å². The second-order valence-electron chi connectivity index (χ2n) is 7.52. The summed E-state index contributed by atoms with van der Waals surface area (Å²) in [6, 6.07) is 12.0. The molecule has 0 bridgehead atoms. The van der Waals surface area contributed by atoms with E-state index in [1.165, 1.54) is 7.05 Å². The molecule has 0 spiro atoms. The zero-order valence-electron chi connectivity index (χ0n) is 17.9. The molecule has 11 heteroatoms. The molecule has 0 radical (unpaired) electrons. The Labute approximate surface area is 197 Å². The van der Waals surface area contributed by atoms with Crippen molar-refractivity contribution in [1.82, 2.24) is 20.0 Å². The van der Waals surface area contributed by atoms with Gasteiger partial charge in [0, 0.05) is 25.5 Å². The molecule has 34 heavy (non-hydrogen) atoms. The normalized spacial score (nSPS) is 16.0. The summed E-state index contributed by atoms with van der Waals surface area (Å²) in [7, 11) is 1.47. The van der Waals surface area contributed by atoms with Crippen LogP contribution in [0.25, 0.3) is 16.8 Å². The van der Waals surface area contributed by atoms with Crippen LogP contribution in [0.15, 0.2) is 52.2 Å². The average molecular weight is 478 g/mol. The number of nitrogens with zero attached hydrogens (tertiary/aromatic N) is 3. The summed E-state index contributed by atoms with van der Waals surface area (Å²) in [6.07, 6.45) is 1.62. The SMILES string of the molecule is Cn1nc(C(=O)NCCN2C(=O)SC(=Cc3ccc4c(c3)OCO4)C2=O)c2ccccc2c1=O. The monoisotopic (exact) mass is 478 g/mol. The second-order valence-corrected chi connectivity index (χ2v) is 8.52. The van der Waals surface area contributed by atoms with Gasteiger partial charge in [0.1, 0.15) is 0 Å². The van der Waals surface area contributed by atoms with E-state index in [0.717, 1.165) is 21.3 Å². The predicted molar refractivity (Wildman–Crippen MR) is 125 cm³/mol. The van der Waals surface area contributed by atoms with Crippen LogP contribution in [-0.4, -0.2) is 51.6 Å². The first-order valence-electron chi connectivity index (χ1n) is 10.3. The molecular weight excluding hydrogens is 460 g/mol. The molecule has 3 aromatic rings. The van der Waals surface area contributed by atoms with E-state index >= 15 is 0 Å². The van der Waals surface area contributed by atoms with Crippen molar-refractivity contribution in [3.05, 3.63) is 69.0 Å². The van der Waals surface area contributed by atoms with Gasteiger partial charge in [-0.1, -0.05) is 24.3 Å². The molecule has 0 unspecified atom stereocenters. The van der Waals surface area contributed by atoms with Gasteiger partial charge in [-0.05, 0) is 41.6 Å². The number of carbonyl (C=O) groups excluding carboxylic acids is 3. The van der Waals surface area contributed by atoms with E-state index in [9.17, 15) is 19.2 Å². The fraction of sp³-hybridized carbons (Fsp3) is 0.174. The molecule has 3 heterocycles. The quantitative estimate of drug-likeness (QED) is 0.554. The van der Waals surface area contributed by atoms with Crippen LogP contribution in [0.5, 0.6) is 11.5 Å². The van der Waals surface area contributed by atoms with Crippen LogP contribution in [0.4, 0.5) is 4.79 Å². The van der Waals surface area contributed by atoms with Crippen molar-refractivity contribution < 1.29 is 23.9 Å². The molecule has 1 N–H and O–H groups in total. The minimum absolute atomic E-state index is 0.00141. The number of benzene rings is 2. The summed E-state index contributed by atoms with van der Waals surface area (Å²) in [6.45, 7) is 0.178. The van der Waals surface area contributed by atoms with Crippen LogP contribution in [0.2, 0.25) is 0 Å². The van der Waals surface area contributed by atoms with Crippen LogP contribution in [-0.2, 0) is 11.8 Å². The van der Waals surface area contributed by atoms with Gasteiger partial charge in [0.05, 0.1) is 10.3 Å². The lowest BCUT2D eigenvalue weighted by atomic mass is 10.1. The maximum atomic E-state index is 12.8. The molecule has 3 amide bonds. The van der Waals surface area contributed by atoms with Crippen LogP contribution in [0.3, 0.4) is 0 Å². The fourth-order valence-corrected chi connectivity index (χ4v) is 4.54. The minimum atomic E-state index is -0.505. The van der Waals surface area contributed by atoms with Gasteiger partial charge in [0.25, 0.3) is 22.6 Å². The van der Waals surface area contributed by atoms with Gasteiger partial charge in [-0.15, -0.1) is 0 Å². The Morgan fingerprint density at radius 2 is 1.88 bits per heavy atom. The number of nitrogens with one attached hydrogen (secondary N) is 1. The molecule has 0 saturated carbocycles. The van der Waals surface area contributed by atoms with E-state index in [0.29, 0.717) is 27.8 Å². The zero-order chi connectivity index (χ0) is 23.8. The van der Waals surface area contributed by atoms with Crippen molar-refractivity contribution in [3.63, 3.8) is 0 Å². The van der Waals surface area contributed by atoms with Gasteiger partial charge >= 0.3 is 0 Å². The Hall–Kier alpha value is -4.12. The highest BCUT2D eigenvalue weighted by Gasteiger charge is 2.34. The van der Waals surface area contributed by atoms with E-state index in [1.54, 1.807) is 48.5 Å². The van der Waals surface area contributed by atoms with E-state index in [4.69, 9.17) is 9.47 Å². The second kappa shape index (κ2) is 8.67. The molecule has 0 aliphatic carbocycles. The van der Waals surface area contributed by atoms with E-state index in [-0.39, 0.29) is 36.0 Å². The third-order valence-electron chi connectivity index (χ3n) is 5.36. The Balaban J connectivity index is 1.26. The van der Waals surface area contributed by atoms with Gasteiger partial charge in [0.15, 0.2) is 17.2 Å². The van der Waals surface area contributed by atoms with E-state index in [2.05, 4.69) is 10.4 Å². The topological polar surface area (TPSA) is 120 Å². The molecule has 1 fully saturated rings. The average Bonchev–Trinajstić information content (AvgIpc) is 3.40. The third kappa shape index (κ3) is 3.90. The van der Waals surface area contributed by atoms with Crippen LogP contribution >= 0.6 is 11.8 Å². The number of fused-ring (bicyclic) bond motifs is 2. The first-order chi connectivity index (χ1) is 16.4.